The summed E-state index contributed by atoms with van der Waals surface area (Å²) in [5.74, 6) is 0.674. The van der Waals surface area contributed by atoms with E-state index in [1.807, 2.05) is 20.8 Å². The van der Waals surface area contributed by atoms with Crippen LogP contribution in [-0.4, -0.2) is 66.0 Å². The van der Waals surface area contributed by atoms with Gasteiger partial charge in [0.1, 0.15) is 0 Å². The van der Waals surface area contributed by atoms with Crippen LogP contribution in [0.5, 0.6) is 0 Å². The van der Waals surface area contributed by atoms with E-state index in [1.54, 1.807) is 7.05 Å². The zero-order chi connectivity index (χ0) is 21.2. The fourth-order valence-electron chi connectivity index (χ4n) is 3.24. The minimum absolute atomic E-state index is 0.155. The third-order valence-electron chi connectivity index (χ3n) is 4.67. The highest BCUT2D eigenvalue weighted by atomic mass is 32.2. The fraction of sp³-hybridized carbons (Fsp3) is 0.526. The zero-order valence-electron chi connectivity index (χ0n) is 17.0. The molecule has 2 heterocycles. The molecule has 29 heavy (non-hydrogen) atoms. The van der Waals surface area contributed by atoms with Crippen LogP contribution in [0.2, 0.25) is 0 Å². The van der Waals surface area contributed by atoms with Crippen LogP contribution >= 0.6 is 0 Å². The van der Waals surface area contributed by atoms with E-state index < -0.39 is 10.0 Å². The molecule has 1 saturated heterocycles. The summed E-state index contributed by atoms with van der Waals surface area (Å²) >= 11 is 0. The zero-order valence-corrected chi connectivity index (χ0v) is 17.8. The van der Waals surface area contributed by atoms with Crippen LogP contribution in [0.15, 0.2) is 33.7 Å². The van der Waals surface area contributed by atoms with Crippen molar-refractivity contribution < 1.29 is 22.5 Å². The molecule has 0 aliphatic carbocycles. The normalized spacial score (nSPS) is 20.6. The number of hydrogen-bond donors (Lipinski definition) is 0. The van der Waals surface area contributed by atoms with Crippen molar-refractivity contribution in [1.82, 2.24) is 19.3 Å². The summed E-state index contributed by atoms with van der Waals surface area (Å²) in [7, 11) is -2.02. The molecule has 0 N–H and O–H groups in total. The van der Waals surface area contributed by atoms with E-state index in [2.05, 4.69) is 10.1 Å². The highest BCUT2D eigenvalue weighted by molar-refractivity contribution is 7.89. The minimum atomic E-state index is -3.64. The minimum Gasteiger partial charge on any atom is -0.373 e. The maximum atomic E-state index is 12.9. The molecule has 10 heteroatoms. The van der Waals surface area contributed by atoms with Crippen LogP contribution in [-0.2, 0) is 27.7 Å². The maximum Gasteiger partial charge on any atom is 0.254 e. The van der Waals surface area contributed by atoms with Crippen LogP contribution in [0.25, 0.3) is 0 Å². The van der Waals surface area contributed by atoms with E-state index >= 15 is 0 Å². The van der Waals surface area contributed by atoms with Crippen molar-refractivity contribution in [2.75, 3.05) is 20.1 Å². The lowest BCUT2D eigenvalue weighted by Crippen LogP contribution is -2.48. The van der Waals surface area contributed by atoms with Gasteiger partial charge in [0.25, 0.3) is 5.91 Å². The highest BCUT2D eigenvalue weighted by Crippen LogP contribution is 2.22. The summed E-state index contributed by atoms with van der Waals surface area (Å²) in [6.45, 7) is 6.40. The summed E-state index contributed by atoms with van der Waals surface area (Å²) < 4.78 is 38.0. The molecule has 0 radical (unpaired) electrons. The Hall–Kier alpha value is -2.30. The summed E-state index contributed by atoms with van der Waals surface area (Å²) in [6, 6.07) is 5.96. The Morgan fingerprint density at radius 1 is 1.21 bits per heavy atom. The third-order valence-corrected chi connectivity index (χ3v) is 6.52. The third kappa shape index (κ3) is 4.82. The lowest BCUT2D eigenvalue weighted by atomic mass is 10.2. The Balaban J connectivity index is 1.70. The Morgan fingerprint density at radius 2 is 1.83 bits per heavy atom. The molecule has 0 saturated carbocycles. The summed E-state index contributed by atoms with van der Waals surface area (Å²) in [6.07, 6.45) is 0.319. The molecule has 1 fully saturated rings. The lowest BCUT2D eigenvalue weighted by Gasteiger charge is -2.34. The molecule has 1 amide bonds. The molecule has 2 aromatic rings. The maximum absolute atomic E-state index is 12.9. The summed E-state index contributed by atoms with van der Waals surface area (Å²) in [5, 5.41) is 3.81. The number of sulfonamides is 1. The highest BCUT2D eigenvalue weighted by Gasteiger charge is 2.32. The number of rotatable bonds is 6. The predicted molar refractivity (Wildman–Crippen MR) is 105 cm³/mol. The predicted octanol–water partition coefficient (Wildman–Crippen LogP) is 1.70. The molecule has 9 nitrogen and oxygen atoms in total. The number of morpholine rings is 1. The van der Waals surface area contributed by atoms with Crippen molar-refractivity contribution in [2.24, 2.45) is 0 Å². The Morgan fingerprint density at radius 3 is 2.38 bits per heavy atom. The Labute approximate surface area is 170 Å². The van der Waals surface area contributed by atoms with Crippen molar-refractivity contribution in [1.29, 1.82) is 0 Å². The number of carbonyl (C=O) groups is 1. The molecule has 3 rings (SSSR count). The number of nitrogens with zero attached hydrogens (tertiary/aromatic N) is 4. The first-order chi connectivity index (χ1) is 13.7. The Bertz CT molecular complexity index is 947. The van der Waals surface area contributed by atoms with Gasteiger partial charge < -0.3 is 14.2 Å². The van der Waals surface area contributed by atoms with Crippen LogP contribution in [0.3, 0.4) is 0 Å². The molecular weight excluding hydrogens is 396 g/mol. The number of ether oxygens (including phenoxy) is 1. The molecule has 158 valence electrons. The largest absolute Gasteiger partial charge is 0.373 e. The van der Waals surface area contributed by atoms with Gasteiger partial charge in [0.05, 0.1) is 23.6 Å². The first-order valence-electron chi connectivity index (χ1n) is 9.53. The number of aromatic nitrogens is 2. The van der Waals surface area contributed by atoms with Crippen molar-refractivity contribution in [3.05, 3.63) is 41.5 Å². The fourth-order valence-corrected chi connectivity index (χ4v) is 4.83. The van der Waals surface area contributed by atoms with E-state index in [-0.39, 0.29) is 29.6 Å². The van der Waals surface area contributed by atoms with E-state index in [0.29, 0.717) is 36.8 Å². The lowest BCUT2D eigenvalue weighted by molar-refractivity contribution is -0.0440. The van der Waals surface area contributed by atoms with Gasteiger partial charge in [-0.1, -0.05) is 12.1 Å². The first-order valence-corrected chi connectivity index (χ1v) is 11.0. The summed E-state index contributed by atoms with van der Waals surface area (Å²) in [5.41, 5.74) is 0.380. The average Bonchev–Trinajstić information content (AvgIpc) is 3.14. The molecule has 2 unspecified atom stereocenters. The van der Waals surface area contributed by atoms with Crippen molar-refractivity contribution in [3.8, 4) is 0 Å². The standard InChI is InChI=1S/C19H26N4O5S/c1-5-17-20-18(28-21-17)12-22(4)19(24)15-6-8-16(9-7-15)29(25,26)23-10-13(2)27-14(3)11-23/h6-9,13-14H,5,10-12H2,1-4H3. The molecule has 1 aliphatic heterocycles. The van der Waals surface area contributed by atoms with Gasteiger partial charge in [0, 0.05) is 32.1 Å². The average molecular weight is 423 g/mol. The molecule has 1 aromatic carbocycles. The first kappa shape index (κ1) is 21.4. The second kappa shape index (κ2) is 8.60. The monoisotopic (exact) mass is 422 g/mol. The van der Waals surface area contributed by atoms with Crippen LogP contribution in [0.4, 0.5) is 0 Å². The topological polar surface area (TPSA) is 106 Å². The van der Waals surface area contributed by atoms with Crippen molar-refractivity contribution in [2.45, 2.75) is 50.8 Å². The molecule has 0 bridgehead atoms. The molecule has 1 aliphatic rings. The van der Waals surface area contributed by atoms with Gasteiger partial charge in [-0.05, 0) is 38.1 Å². The van der Waals surface area contributed by atoms with Crippen molar-refractivity contribution >= 4 is 15.9 Å². The summed E-state index contributed by atoms with van der Waals surface area (Å²) in [4.78, 5) is 18.4. The van der Waals surface area contributed by atoms with Gasteiger partial charge in [-0.15, -0.1) is 0 Å². The molecular formula is C19H26N4O5S. The molecule has 0 spiro atoms. The van der Waals surface area contributed by atoms with Gasteiger partial charge in [-0.25, -0.2) is 8.42 Å². The van der Waals surface area contributed by atoms with Crippen LogP contribution < -0.4 is 0 Å². The molecule has 2 atom stereocenters. The number of hydrogen-bond acceptors (Lipinski definition) is 7. The molecule has 1 aromatic heterocycles. The smallest absolute Gasteiger partial charge is 0.254 e. The number of amides is 1. The van der Waals surface area contributed by atoms with Gasteiger partial charge in [-0.2, -0.15) is 9.29 Å². The number of carbonyl (C=O) groups excluding carboxylic acids is 1. The quantitative estimate of drug-likeness (QED) is 0.697. The Kier molecular flexibility index (Phi) is 6.35. The van der Waals surface area contributed by atoms with Gasteiger partial charge in [-0.3, -0.25) is 4.79 Å². The second-order valence-corrected chi connectivity index (χ2v) is 9.16. The van der Waals surface area contributed by atoms with Crippen LogP contribution in [0.1, 0.15) is 42.8 Å². The van der Waals surface area contributed by atoms with Gasteiger partial charge in [0.2, 0.25) is 15.9 Å². The second-order valence-electron chi connectivity index (χ2n) is 7.22. The van der Waals surface area contributed by atoms with Gasteiger partial charge >= 0.3 is 0 Å². The van der Waals surface area contributed by atoms with E-state index in [9.17, 15) is 13.2 Å². The van der Waals surface area contributed by atoms with E-state index in [4.69, 9.17) is 9.26 Å². The van der Waals surface area contributed by atoms with Gasteiger partial charge in [0.15, 0.2) is 5.82 Å². The van der Waals surface area contributed by atoms with Crippen LogP contribution in [0, 0.1) is 0 Å². The van der Waals surface area contributed by atoms with Crippen molar-refractivity contribution in [3.63, 3.8) is 0 Å². The number of aryl methyl sites for hydroxylation is 1. The SMILES string of the molecule is CCc1noc(CN(C)C(=O)c2ccc(S(=O)(=O)N3CC(C)OC(C)C3)cc2)n1. The van der Waals surface area contributed by atoms with E-state index in [0.717, 1.165) is 0 Å². The number of benzene rings is 1. The van der Waals surface area contributed by atoms with E-state index in [1.165, 1.54) is 33.5 Å².